The van der Waals surface area contributed by atoms with E-state index < -0.39 is 0 Å². The molecule has 1 amide bonds. The third-order valence-electron chi connectivity index (χ3n) is 3.55. The lowest BCUT2D eigenvalue weighted by Crippen LogP contribution is -2.10. The maximum atomic E-state index is 12.3. The molecule has 0 bridgehead atoms. The molecule has 1 N–H and O–H groups in total. The first-order valence-corrected chi connectivity index (χ1v) is 8.41. The molecule has 26 heavy (non-hydrogen) atoms. The van der Waals surface area contributed by atoms with Crippen molar-refractivity contribution in [2.75, 3.05) is 5.32 Å². The van der Waals surface area contributed by atoms with Crippen LogP contribution in [-0.2, 0) is 0 Å². The fourth-order valence-corrected chi connectivity index (χ4v) is 2.69. The van der Waals surface area contributed by atoms with Gasteiger partial charge in [-0.3, -0.25) is 9.59 Å². The molecule has 4 nitrogen and oxygen atoms in total. The number of nitrogens with one attached hydrogen (secondary N) is 1. The minimum Gasteiger partial charge on any atom is -0.459 e. The van der Waals surface area contributed by atoms with E-state index in [1.165, 1.54) is 12.3 Å². The predicted octanol–water partition coefficient (Wildman–Crippen LogP) is 5.73. The molecule has 0 aliphatic heterocycles. The number of hydrogen-bond donors (Lipinski definition) is 1. The second-order valence-electron chi connectivity index (χ2n) is 5.37. The molecule has 0 saturated carbocycles. The molecule has 0 fully saturated rings. The van der Waals surface area contributed by atoms with Crippen molar-refractivity contribution in [1.29, 1.82) is 0 Å². The van der Waals surface area contributed by atoms with Gasteiger partial charge in [0.25, 0.3) is 5.91 Å². The highest BCUT2D eigenvalue weighted by atomic mass is 35.5. The Morgan fingerprint density at radius 2 is 1.77 bits per heavy atom. The number of carbonyl (C=O) groups excluding carboxylic acids is 2. The summed E-state index contributed by atoms with van der Waals surface area (Å²) in [4.78, 5) is 24.2. The third-order valence-corrected chi connectivity index (χ3v) is 4.11. The van der Waals surface area contributed by atoms with Crippen molar-refractivity contribution in [3.8, 4) is 0 Å². The van der Waals surface area contributed by atoms with E-state index in [9.17, 15) is 9.59 Å². The first kappa shape index (κ1) is 18.0. The Morgan fingerprint density at radius 3 is 2.42 bits per heavy atom. The number of amides is 1. The van der Waals surface area contributed by atoms with E-state index in [0.29, 0.717) is 26.9 Å². The maximum Gasteiger partial charge on any atom is 0.291 e. The zero-order valence-corrected chi connectivity index (χ0v) is 14.9. The van der Waals surface area contributed by atoms with Gasteiger partial charge in [0.15, 0.2) is 11.5 Å². The van der Waals surface area contributed by atoms with Crippen LogP contribution in [0.4, 0.5) is 5.69 Å². The van der Waals surface area contributed by atoms with E-state index in [2.05, 4.69) is 5.32 Å². The van der Waals surface area contributed by atoms with Gasteiger partial charge >= 0.3 is 0 Å². The fourth-order valence-electron chi connectivity index (χ4n) is 2.22. The Morgan fingerprint density at radius 1 is 1.00 bits per heavy atom. The highest BCUT2D eigenvalue weighted by molar-refractivity contribution is 6.35. The van der Waals surface area contributed by atoms with Gasteiger partial charge < -0.3 is 9.73 Å². The van der Waals surface area contributed by atoms with Gasteiger partial charge in [-0.25, -0.2) is 0 Å². The van der Waals surface area contributed by atoms with Gasteiger partial charge in [-0.1, -0.05) is 29.3 Å². The first-order chi connectivity index (χ1) is 12.5. The monoisotopic (exact) mass is 385 g/mol. The summed E-state index contributed by atoms with van der Waals surface area (Å²) in [5.41, 5.74) is 1.75. The Balaban J connectivity index is 1.67. The van der Waals surface area contributed by atoms with Gasteiger partial charge in [0.1, 0.15) is 0 Å². The highest BCUT2D eigenvalue weighted by Crippen LogP contribution is 2.22. The SMILES string of the molecule is O=C(C=Cc1ccc(Cl)cc1Cl)c1ccc(NC(=O)c2ccco2)cc1. The number of allylic oxidation sites excluding steroid dienone is 1. The maximum absolute atomic E-state index is 12.3. The smallest absolute Gasteiger partial charge is 0.291 e. The van der Waals surface area contributed by atoms with Crippen molar-refractivity contribution >= 4 is 46.7 Å². The number of benzene rings is 2. The van der Waals surface area contributed by atoms with Gasteiger partial charge in [-0.15, -0.1) is 0 Å². The van der Waals surface area contributed by atoms with Crippen LogP contribution in [-0.4, -0.2) is 11.7 Å². The molecule has 3 rings (SSSR count). The van der Waals surface area contributed by atoms with Gasteiger partial charge in [0, 0.05) is 21.3 Å². The van der Waals surface area contributed by atoms with Crippen LogP contribution in [0.25, 0.3) is 6.08 Å². The van der Waals surface area contributed by atoms with Crippen molar-refractivity contribution in [2.45, 2.75) is 0 Å². The molecule has 130 valence electrons. The zero-order chi connectivity index (χ0) is 18.5. The molecule has 0 unspecified atom stereocenters. The Labute approximate surface area is 160 Å². The number of hydrogen-bond acceptors (Lipinski definition) is 3. The Hall–Kier alpha value is -2.82. The Bertz CT molecular complexity index is 961. The average Bonchev–Trinajstić information content (AvgIpc) is 3.16. The summed E-state index contributed by atoms with van der Waals surface area (Å²) < 4.78 is 5.03. The first-order valence-electron chi connectivity index (χ1n) is 7.65. The van der Waals surface area contributed by atoms with E-state index in [1.54, 1.807) is 60.7 Å². The number of rotatable bonds is 5. The second kappa shape index (κ2) is 8.04. The summed E-state index contributed by atoms with van der Waals surface area (Å²) in [5.74, 6) is -0.320. The van der Waals surface area contributed by atoms with Gasteiger partial charge in [0.2, 0.25) is 0 Å². The average molecular weight is 386 g/mol. The molecule has 0 atom stereocenters. The van der Waals surface area contributed by atoms with E-state index in [0.717, 1.165) is 0 Å². The Kier molecular flexibility index (Phi) is 5.56. The quantitative estimate of drug-likeness (QED) is 0.450. The van der Waals surface area contributed by atoms with Gasteiger partial charge in [0.05, 0.1) is 6.26 Å². The molecular weight excluding hydrogens is 373 g/mol. The molecule has 0 spiro atoms. The lowest BCUT2D eigenvalue weighted by Gasteiger charge is -2.04. The van der Waals surface area contributed by atoms with Crippen LogP contribution < -0.4 is 5.32 Å². The molecule has 0 radical (unpaired) electrons. The summed E-state index contributed by atoms with van der Waals surface area (Å²) in [6, 6.07) is 14.8. The van der Waals surface area contributed by atoms with Crippen LogP contribution >= 0.6 is 23.2 Å². The largest absolute Gasteiger partial charge is 0.459 e. The molecule has 1 heterocycles. The van der Waals surface area contributed by atoms with E-state index >= 15 is 0 Å². The highest BCUT2D eigenvalue weighted by Gasteiger charge is 2.09. The summed E-state index contributed by atoms with van der Waals surface area (Å²) in [6.07, 6.45) is 4.50. The van der Waals surface area contributed by atoms with Crippen LogP contribution in [0.5, 0.6) is 0 Å². The number of anilines is 1. The van der Waals surface area contributed by atoms with Crippen molar-refractivity contribution < 1.29 is 14.0 Å². The van der Waals surface area contributed by atoms with Crippen LogP contribution in [0.2, 0.25) is 10.0 Å². The molecule has 1 aromatic heterocycles. The molecule has 0 saturated heterocycles. The fraction of sp³-hybridized carbons (Fsp3) is 0. The minimum atomic E-state index is -0.355. The molecule has 2 aromatic carbocycles. The predicted molar refractivity (Wildman–Crippen MR) is 103 cm³/mol. The van der Waals surface area contributed by atoms with Crippen molar-refractivity contribution in [3.63, 3.8) is 0 Å². The van der Waals surface area contributed by atoms with Crippen LogP contribution in [0, 0.1) is 0 Å². The van der Waals surface area contributed by atoms with Crippen LogP contribution in [0.3, 0.4) is 0 Å². The zero-order valence-electron chi connectivity index (χ0n) is 13.4. The minimum absolute atomic E-state index is 0.181. The summed E-state index contributed by atoms with van der Waals surface area (Å²) in [5, 5.41) is 3.69. The standard InChI is InChI=1S/C20H13Cl2NO3/c21-15-7-3-13(17(22)12-15)6-10-18(24)14-4-8-16(9-5-14)23-20(25)19-2-1-11-26-19/h1-12H,(H,23,25). The normalized spacial score (nSPS) is 10.8. The molecule has 0 aliphatic carbocycles. The molecule has 3 aromatic rings. The van der Waals surface area contributed by atoms with Crippen LogP contribution in [0.15, 0.2) is 71.4 Å². The summed E-state index contributed by atoms with van der Waals surface area (Å²) in [7, 11) is 0. The molecule has 6 heteroatoms. The lowest BCUT2D eigenvalue weighted by molar-refractivity contribution is 0.0996. The van der Waals surface area contributed by atoms with Crippen molar-refractivity contribution in [1.82, 2.24) is 0 Å². The molecular formula is C20H13Cl2NO3. The summed E-state index contributed by atoms with van der Waals surface area (Å²) in [6.45, 7) is 0. The number of halogens is 2. The van der Waals surface area contributed by atoms with Crippen molar-refractivity contribution in [3.05, 3.63) is 93.9 Å². The van der Waals surface area contributed by atoms with Crippen LogP contribution in [0.1, 0.15) is 26.5 Å². The third kappa shape index (κ3) is 4.42. The topological polar surface area (TPSA) is 59.3 Å². The van der Waals surface area contributed by atoms with E-state index in [-0.39, 0.29) is 17.5 Å². The summed E-state index contributed by atoms with van der Waals surface area (Å²) >= 11 is 11.9. The second-order valence-corrected chi connectivity index (χ2v) is 6.22. The van der Waals surface area contributed by atoms with E-state index in [1.807, 2.05) is 0 Å². The molecule has 0 aliphatic rings. The number of carbonyl (C=O) groups is 2. The van der Waals surface area contributed by atoms with Crippen molar-refractivity contribution in [2.24, 2.45) is 0 Å². The lowest BCUT2D eigenvalue weighted by atomic mass is 10.1. The van der Waals surface area contributed by atoms with Gasteiger partial charge in [-0.05, 0) is 66.2 Å². The van der Waals surface area contributed by atoms with Gasteiger partial charge in [-0.2, -0.15) is 0 Å². The van der Waals surface area contributed by atoms with E-state index in [4.69, 9.17) is 27.6 Å². The number of ketones is 1. The number of furan rings is 1.